The van der Waals surface area contributed by atoms with Crippen LogP contribution in [0, 0.1) is 0 Å². The lowest BCUT2D eigenvalue weighted by atomic mass is 9.91. The van der Waals surface area contributed by atoms with Gasteiger partial charge in [0.1, 0.15) is 11.2 Å². The summed E-state index contributed by atoms with van der Waals surface area (Å²) in [6.45, 7) is 0. The van der Waals surface area contributed by atoms with Crippen LogP contribution in [-0.4, -0.2) is 19.1 Å². The fourth-order valence-electron chi connectivity index (χ4n) is 9.39. The molecule has 1 aliphatic heterocycles. The van der Waals surface area contributed by atoms with E-state index in [1.165, 1.54) is 55.1 Å². The van der Waals surface area contributed by atoms with E-state index in [1.54, 1.807) is 0 Å². The Morgan fingerprint density at radius 1 is 0.418 bits per heavy atom. The van der Waals surface area contributed by atoms with E-state index in [0.717, 1.165) is 60.5 Å². The molecule has 0 atom stereocenters. The largest absolute Gasteiger partial charge is 0.456 e. The fraction of sp³-hybridized carbons (Fsp3) is 0. The van der Waals surface area contributed by atoms with Crippen LogP contribution in [0.4, 0.5) is 0 Å². The molecule has 0 radical (unpaired) electrons. The van der Waals surface area contributed by atoms with Crippen LogP contribution in [0.1, 0.15) is 0 Å². The van der Waals surface area contributed by atoms with Crippen LogP contribution >= 0.6 is 0 Å². The number of furan rings is 1. The number of benzene rings is 8. The maximum absolute atomic E-state index is 6.37. The third kappa shape index (κ3) is 3.81. The van der Waals surface area contributed by atoms with Crippen LogP contribution in [-0.2, 0) is 0 Å². The van der Waals surface area contributed by atoms with E-state index in [9.17, 15) is 0 Å². The highest BCUT2D eigenvalue weighted by molar-refractivity contribution is 6.28. The highest BCUT2D eigenvalue weighted by Crippen LogP contribution is 2.51. The Morgan fingerprint density at radius 2 is 1.07 bits per heavy atom. The Morgan fingerprint density at radius 3 is 1.95 bits per heavy atom. The first-order valence-electron chi connectivity index (χ1n) is 18.7. The quantitative estimate of drug-likeness (QED) is 0.180. The lowest BCUT2D eigenvalue weighted by Crippen LogP contribution is -2.03. The molecule has 0 N–H and O–H groups in total. The maximum Gasteiger partial charge on any atom is 0.235 e. The molecule has 0 spiro atoms. The van der Waals surface area contributed by atoms with Crippen molar-refractivity contribution < 1.29 is 4.42 Å². The SMILES string of the molecule is c1ccc2c(c1)-c1ccccc1-n1c3ccccc3c3cc4c(c-2c31)c1ccccc1n4-c1nc(-c2ccc3c(c2)oc2ccccc23)c2ccccc2n1. The number of hydrogen-bond donors (Lipinski definition) is 0. The number of fused-ring (bicyclic) bond motifs is 16. The van der Waals surface area contributed by atoms with Crippen LogP contribution in [0.2, 0.25) is 0 Å². The standard InChI is InChI=1S/C50H28N4O/c1-2-17-35-30(13-1)31-14-4-9-21-40(31)53-41-22-10-5-15-32(41)38-28-43-46(47(35)49(38)53)37-19-6-11-23-42(37)54(43)50-51-39-20-8-3-18-36(39)48(52-50)29-25-26-34-33-16-7-12-24-44(33)55-45(34)27-29/h1-28H. The van der Waals surface area contributed by atoms with E-state index >= 15 is 0 Å². The molecule has 55 heavy (non-hydrogen) atoms. The molecule has 0 aliphatic carbocycles. The Balaban J connectivity index is 1.19. The topological polar surface area (TPSA) is 48.8 Å². The number of para-hydroxylation sites is 5. The molecule has 0 saturated heterocycles. The summed E-state index contributed by atoms with van der Waals surface area (Å²) in [5.41, 5.74) is 15.1. The molecule has 0 fully saturated rings. The van der Waals surface area contributed by atoms with Gasteiger partial charge in [-0.05, 0) is 59.7 Å². The third-order valence-electron chi connectivity index (χ3n) is 11.7. The van der Waals surface area contributed by atoms with Crippen molar-refractivity contribution in [3.8, 4) is 45.1 Å². The van der Waals surface area contributed by atoms with Gasteiger partial charge in [-0.2, -0.15) is 0 Å². The van der Waals surface area contributed by atoms with Crippen LogP contribution in [0.5, 0.6) is 0 Å². The van der Waals surface area contributed by atoms with Gasteiger partial charge >= 0.3 is 0 Å². The molecule has 12 aromatic rings. The fourth-order valence-corrected chi connectivity index (χ4v) is 9.39. The Bertz CT molecular complexity index is 3620. The van der Waals surface area contributed by atoms with Crippen molar-refractivity contribution in [1.29, 1.82) is 0 Å². The molecule has 4 aromatic heterocycles. The zero-order chi connectivity index (χ0) is 35.8. The van der Waals surface area contributed by atoms with Crippen LogP contribution in [0.25, 0.3) is 122 Å². The maximum atomic E-state index is 6.37. The molecule has 5 nitrogen and oxygen atoms in total. The van der Waals surface area contributed by atoms with Gasteiger partial charge in [0.2, 0.25) is 5.95 Å². The molecule has 0 amide bonds. The minimum atomic E-state index is 0.630. The van der Waals surface area contributed by atoms with E-state index in [1.807, 2.05) is 12.1 Å². The van der Waals surface area contributed by atoms with Crippen molar-refractivity contribution in [2.75, 3.05) is 0 Å². The summed E-state index contributed by atoms with van der Waals surface area (Å²) >= 11 is 0. The zero-order valence-corrected chi connectivity index (χ0v) is 29.4. The van der Waals surface area contributed by atoms with Gasteiger partial charge < -0.3 is 8.98 Å². The number of aromatic nitrogens is 4. The van der Waals surface area contributed by atoms with Crippen molar-refractivity contribution in [1.82, 2.24) is 19.1 Å². The summed E-state index contributed by atoms with van der Waals surface area (Å²) in [5, 5.41) is 7.96. The minimum Gasteiger partial charge on any atom is -0.456 e. The van der Waals surface area contributed by atoms with E-state index in [4.69, 9.17) is 14.4 Å². The van der Waals surface area contributed by atoms with E-state index in [-0.39, 0.29) is 0 Å². The van der Waals surface area contributed by atoms with Crippen molar-refractivity contribution in [2.45, 2.75) is 0 Å². The summed E-state index contributed by atoms with van der Waals surface area (Å²) in [5.74, 6) is 0.630. The number of hydrogen-bond acceptors (Lipinski definition) is 3. The predicted molar refractivity (Wildman–Crippen MR) is 225 cm³/mol. The van der Waals surface area contributed by atoms with Gasteiger partial charge in [-0.15, -0.1) is 0 Å². The molecule has 13 rings (SSSR count). The summed E-state index contributed by atoms with van der Waals surface area (Å²) in [7, 11) is 0. The summed E-state index contributed by atoms with van der Waals surface area (Å²) in [6, 6.07) is 60.6. The Labute approximate surface area is 313 Å². The lowest BCUT2D eigenvalue weighted by Gasteiger charge is -2.13. The number of nitrogens with zero attached hydrogens (tertiary/aromatic N) is 4. The molecule has 0 saturated carbocycles. The average Bonchev–Trinajstić information content (AvgIpc) is 3.87. The van der Waals surface area contributed by atoms with Crippen molar-refractivity contribution >= 4 is 76.5 Å². The van der Waals surface area contributed by atoms with Crippen LogP contribution in [0.15, 0.2) is 174 Å². The molecule has 8 aromatic carbocycles. The normalized spacial score (nSPS) is 12.4. The first-order chi connectivity index (χ1) is 27.3. The second-order valence-corrected chi connectivity index (χ2v) is 14.5. The average molecular weight is 701 g/mol. The summed E-state index contributed by atoms with van der Waals surface area (Å²) in [4.78, 5) is 10.8. The molecule has 1 aliphatic rings. The van der Waals surface area contributed by atoms with E-state index in [2.05, 4.69) is 167 Å². The van der Waals surface area contributed by atoms with Crippen LogP contribution in [0.3, 0.4) is 0 Å². The Hall–Kier alpha value is -7.50. The molecule has 0 bridgehead atoms. The molecule has 5 heterocycles. The smallest absolute Gasteiger partial charge is 0.235 e. The monoisotopic (exact) mass is 700 g/mol. The van der Waals surface area contributed by atoms with Gasteiger partial charge in [-0.1, -0.05) is 121 Å². The Kier molecular flexibility index (Phi) is 5.57. The minimum absolute atomic E-state index is 0.630. The van der Waals surface area contributed by atoms with Crippen LogP contribution < -0.4 is 0 Å². The molecule has 254 valence electrons. The first kappa shape index (κ1) is 29.0. The van der Waals surface area contributed by atoms with Gasteiger partial charge in [0.05, 0.1) is 39.0 Å². The summed E-state index contributed by atoms with van der Waals surface area (Å²) in [6.07, 6.45) is 0. The molecular formula is C50H28N4O. The van der Waals surface area contributed by atoms with E-state index in [0.29, 0.717) is 5.95 Å². The van der Waals surface area contributed by atoms with Crippen molar-refractivity contribution in [3.63, 3.8) is 0 Å². The second kappa shape index (κ2) is 10.6. The van der Waals surface area contributed by atoms with Gasteiger partial charge in [0.15, 0.2) is 0 Å². The lowest BCUT2D eigenvalue weighted by molar-refractivity contribution is 0.669. The van der Waals surface area contributed by atoms with Crippen molar-refractivity contribution in [2.24, 2.45) is 0 Å². The van der Waals surface area contributed by atoms with Crippen molar-refractivity contribution in [3.05, 3.63) is 170 Å². The third-order valence-corrected chi connectivity index (χ3v) is 11.7. The molecule has 0 unspecified atom stereocenters. The van der Waals surface area contributed by atoms with Gasteiger partial charge in [0.25, 0.3) is 0 Å². The highest BCUT2D eigenvalue weighted by atomic mass is 16.3. The molecule has 5 heteroatoms. The van der Waals surface area contributed by atoms with Gasteiger partial charge in [-0.3, -0.25) is 4.57 Å². The second-order valence-electron chi connectivity index (χ2n) is 14.5. The first-order valence-corrected chi connectivity index (χ1v) is 18.7. The predicted octanol–water partition coefficient (Wildman–Crippen LogP) is 13.0. The molecular weight excluding hydrogens is 673 g/mol. The number of rotatable bonds is 2. The zero-order valence-electron chi connectivity index (χ0n) is 29.4. The van der Waals surface area contributed by atoms with Gasteiger partial charge in [0, 0.05) is 54.4 Å². The van der Waals surface area contributed by atoms with E-state index < -0.39 is 0 Å². The highest BCUT2D eigenvalue weighted by Gasteiger charge is 2.29. The summed E-state index contributed by atoms with van der Waals surface area (Å²) < 4.78 is 11.1. The van der Waals surface area contributed by atoms with Gasteiger partial charge in [-0.25, -0.2) is 9.97 Å².